The van der Waals surface area contributed by atoms with E-state index in [4.69, 9.17) is 4.74 Å². The van der Waals surface area contributed by atoms with Gasteiger partial charge in [0.1, 0.15) is 0 Å². The Labute approximate surface area is 99.0 Å². The lowest BCUT2D eigenvalue weighted by Gasteiger charge is -2.08. The molecule has 88 valence electrons. The molecule has 1 aromatic rings. The SMILES string of the molecule is CCOC(=O)Cc1csc(NC2(C)CC2)n1. The highest BCUT2D eigenvalue weighted by Crippen LogP contribution is 2.38. The van der Waals surface area contributed by atoms with Gasteiger partial charge in [0.25, 0.3) is 0 Å². The van der Waals surface area contributed by atoms with Crippen LogP contribution in [-0.2, 0) is 16.0 Å². The zero-order chi connectivity index (χ0) is 11.6. The van der Waals surface area contributed by atoms with Crippen molar-refractivity contribution < 1.29 is 9.53 Å². The molecule has 0 bridgehead atoms. The minimum absolute atomic E-state index is 0.211. The predicted octanol–water partition coefficient (Wildman–Crippen LogP) is 2.21. The van der Waals surface area contributed by atoms with Gasteiger partial charge in [-0.15, -0.1) is 11.3 Å². The lowest BCUT2D eigenvalue weighted by Crippen LogP contribution is -2.15. The molecule has 1 fully saturated rings. The summed E-state index contributed by atoms with van der Waals surface area (Å²) >= 11 is 1.55. The van der Waals surface area contributed by atoms with Crippen LogP contribution in [0.5, 0.6) is 0 Å². The number of carbonyl (C=O) groups is 1. The molecule has 4 nitrogen and oxygen atoms in total. The molecule has 1 heterocycles. The van der Waals surface area contributed by atoms with Crippen LogP contribution in [0.25, 0.3) is 0 Å². The Hall–Kier alpha value is -1.10. The van der Waals surface area contributed by atoms with Crippen LogP contribution in [-0.4, -0.2) is 23.1 Å². The molecule has 0 aliphatic heterocycles. The van der Waals surface area contributed by atoms with Gasteiger partial charge in [-0.1, -0.05) is 0 Å². The van der Waals surface area contributed by atoms with Gasteiger partial charge in [0.2, 0.25) is 0 Å². The summed E-state index contributed by atoms with van der Waals surface area (Å²) in [6.45, 7) is 4.41. The van der Waals surface area contributed by atoms with Crippen molar-refractivity contribution in [1.82, 2.24) is 4.98 Å². The average Bonchev–Trinajstić information content (AvgIpc) is 2.76. The lowest BCUT2D eigenvalue weighted by molar-refractivity contribution is -0.142. The highest BCUT2D eigenvalue weighted by atomic mass is 32.1. The molecule has 0 unspecified atom stereocenters. The number of rotatable bonds is 5. The predicted molar refractivity (Wildman–Crippen MR) is 63.7 cm³/mol. The minimum Gasteiger partial charge on any atom is -0.466 e. The number of aromatic nitrogens is 1. The molecule has 1 saturated carbocycles. The van der Waals surface area contributed by atoms with Crippen molar-refractivity contribution in [1.29, 1.82) is 0 Å². The fraction of sp³-hybridized carbons (Fsp3) is 0.636. The Morgan fingerprint density at radius 1 is 1.69 bits per heavy atom. The van der Waals surface area contributed by atoms with Crippen LogP contribution >= 0.6 is 11.3 Å². The van der Waals surface area contributed by atoms with E-state index in [2.05, 4.69) is 17.2 Å². The molecule has 1 aliphatic carbocycles. The molecular formula is C11H16N2O2S. The summed E-state index contributed by atoms with van der Waals surface area (Å²) in [5, 5.41) is 6.18. The number of thiazole rings is 1. The Bertz CT molecular complexity index is 385. The molecule has 1 aromatic heterocycles. The summed E-state index contributed by atoms with van der Waals surface area (Å²) < 4.78 is 4.87. The molecule has 0 spiro atoms. The summed E-state index contributed by atoms with van der Waals surface area (Å²) in [5.74, 6) is -0.211. The summed E-state index contributed by atoms with van der Waals surface area (Å²) in [6, 6.07) is 0. The number of hydrogen-bond acceptors (Lipinski definition) is 5. The van der Waals surface area contributed by atoms with Gasteiger partial charge in [-0.05, 0) is 26.7 Å². The second kappa shape index (κ2) is 4.41. The minimum atomic E-state index is -0.211. The van der Waals surface area contributed by atoms with Crippen LogP contribution in [0.15, 0.2) is 5.38 Å². The van der Waals surface area contributed by atoms with Gasteiger partial charge >= 0.3 is 5.97 Å². The van der Waals surface area contributed by atoms with Crippen molar-refractivity contribution in [3.05, 3.63) is 11.1 Å². The van der Waals surface area contributed by atoms with Crippen LogP contribution in [0, 0.1) is 0 Å². The molecule has 0 radical (unpaired) electrons. The third kappa shape index (κ3) is 2.95. The van der Waals surface area contributed by atoms with E-state index in [-0.39, 0.29) is 17.9 Å². The third-order valence-electron chi connectivity index (χ3n) is 2.59. The number of anilines is 1. The molecule has 1 aliphatic rings. The number of esters is 1. The monoisotopic (exact) mass is 240 g/mol. The molecule has 1 N–H and O–H groups in total. The van der Waals surface area contributed by atoms with Crippen molar-refractivity contribution in [3.8, 4) is 0 Å². The molecule has 2 rings (SSSR count). The summed E-state index contributed by atoms with van der Waals surface area (Å²) in [5.41, 5.74) is 1.02. The molecule has 0 saturated heterocycles. The van der Waals surface area contributed by atoms with E-state index in [9.17, 15) is 4.79 Å². The van der Waals surface area contributed by atoms with Crippen LogP contribution in [0.4, 0.5) is 5.13 Å². The maximum atomic E-state index is 11.2. The van der Waals surface area contributed by atoms with E-state index in [1.165, 1.54) is 12.8 Å². The quantitative estimate of drug-likeness (QED) is 0.802. The Balaban J connectivity index is 1.89. The average molecular weight is 240 g/mol. The largest absolute Gasteiger partial charge is 0.466 e. The summed E-state index contributed by atoms with van der Waals surface area (Å²) in [6.07, 6.45) is 2.66. The van der Waals surface area contributed by atoms with Crippen LogP contribution < -0.4 is 5.32 Å². The van der Waals surface area contributed by atoms with E-state index in [1.54, 1.807) is 18.3 Å². The Kier molecular flexibility index (Phi) is 3.14. The second-order valence-electron chi connectivity index (χ2n) is 4.31. The lowest BCUT2D eigenvalue weighted by atomic mass is 10.3. The fourth-order valence-electron chi connectivity index (χ4n) is 1.38. The zero-order valence-corrected chi connectivity index (χ0v) is 10.4. The number of carbonyl (C=O) groups excluding carboxylic acids is 1. The van der Waals surface area contributed by atoms with Gasteiger partial charge in [0.15, 0.2) is 5.13 Å². The van der Waals surface area contributed by atoms with Crippen LogP contribution in [0.2, 0.25) is 0 Å². The van der Waals surface area contributed by atoms with Crippen molar-refractivity contribution in [2.45, 2.75) is 38.6 Å². The Morgan fingerprint density at radius 3 is 3.06 bits per heavy atom. The smallest absolute Gasteiger partial charge is 0.311 e. The highest BCUT2D eigenvalue weighted by molar-refractivity contribution is 7.13. The summed E-state index contributed by atoms with van der Waals surface area (Å²) in [7, 11) is 0. The van der Waals surface area contributed by atoms with Crippen molar-refractivity contribution >= 4 is 22.4 Å². The third-order valence-corrected chi connectivity index (χ3v) is 3.40. The normalized spacial score (nSPS) is 16.9. The maximum absolute atomic E-state index is 11.2. The standard InChI is InChI=1S/C11H16N2O2S/c1-3-15-9(14)6-8-7-16-10(12-8)13-11(2)4-5-11/h7H,3-6H2,1-2H3,(H,12,13). The van der Waals surface area contributed by atoms with E-state index >= 15 is 0 Å². The first-order valence-corrected chi connectivity index (χ1v) is 6.37. The van der Waals surface area contributed by atoms with Crippen molar-refractivity contribution in [2.75, 3.05) is 11.9 Å². The first kappa shape index (κ1) is 11.4. The molecular weight excluding hydrogens is 224 g/mol. The second-order valence-corrected chi connectivity index (χ2v) is 5.17. The number of nitrogens with one attached hydrogen (secondary N) is 1. The first-order valence-electron chi connectivity index (χ1n) is 5.49. The molecule has 0 amide bonds. The molecule has 0 aromatic carbocycles. The van der Waals surface area contributed by atoms with Gasteiger partial charge in [0, 0.05) is 10.9 Å². The van der Waals surface area contributed by atoms with Gasteiger partial charge in [-0.25, -0.2) is 4.98 Å². The first-order chi connectivity index (χ1) is 7.61. The van der Waals surface area contributed by atoms with Crippen LogP contribution in [0.3, 0.4) is 0 Å². The van der Waals surface area contributed by atoms with E-state index in [0.717, 1.165) is 10.8 Å². The molecule has 16 heavy (non-hydrogen) atoms. The maximum Gasteiger partial charge on any atom is 0.311 e. The zero-order valence-electron chi connectivity index (χ0n) is 9.58. The van der Waals surface area contributed by atoms with E-state index in [1.807, 2.05) is 5.38 Å². The van der Waals surface area contributed by atoms with Gasteiger partial charge < -0.3 is 10.1 Å². The Morgan fingerprint density at radius 2 is 2.44 bits per heavy atom. The summed E-state index contributed by atoms with van der Waals surface area (Å²) in [4.78, 5) is 15.6. The highest BCUT2D eigenvalue weighted by Gasteiger charge is 2.37. The fourth-order valence-corrected chi connectivity index (χ4v) is 2.24. The number of hydrogen-bond donors (Lipinski definition) is 1. The van der Waals surface area contributed by atoms with E-state index < -0.39 is 0 Å². The van der Waals surface area contributed by atoms with E-state index in [0.29, 0.717) is 6.61 Å². The number of ether oxygens (including phenoxy) is 1. The van der Waals surface area contributed by atoms with Gasteiger partial charge in [0.05, 0.1) is 18.7 Å². The van der Waals surface area contributed by atoms with Gasteiger partial charge in [-0.3, -0.25) is 4.79 Å². The topological polar surface area (TPSA) is 51.2 Å². The van der Waals surface area contributed by atoms with Crippen molar-refractivity contribution in [2.24, 2.45) is 0 Å². The number of nitrogens with zero attached hydrogens (tertiary/aromatic N) is 1. The molecule has 0 atom stereocenters. The van der Waals surface area contributed by atoms with Crippen molar-refractivity contribution in [3.63, 3.8) is 0 Å². The molecule has 5 heteroatoms. The van der Waals surface area contributed by atoms with Crippen LogP contribution in [0.1, 0.15) is 32.4 Å². The van der Waals surface area contributed by atoms with Gasteiger partial charge in [-0.2, -0.15) is 0 Å².